The summed E-state index contributed by atoms with van der Waals surface area (Å²) in [5.74, 6) is 0.879. The Morgan fingerprint density at radius 2 is 1.67 bits per heavy atom. The van der Waals surface area contributed by atoms with Gasteiger partial charge in [-0.2, -0.15) is 0 Å². The third-order valence-corrected chi connectivity index (χ3v) is 5.17. The largest absolute Gasteiger partial charge is 0.493 e. The van der Waals surface area contributed by atoms with E-state index in [0.29, 0.717) is 54.1 Å². The number of halogens is 1. The van der Waals surface area contributed by atoms with Gasteiger partial charge in [0.2, 0.25) is 11.8 Å². The van der Waals surface area contributed by atoms with Crippen LogP contribution >= 0.6 is 11.6 Å². The molecule has 2 amide bonds. The number of fused-ring (bicyclic) bond motifs is 1. The second-order valence-corrected chi connectivity index (χ2v) is 8.03. The lowest BCUT2D eigenvalue weighted by Gasteiger charge is -2.10. The number of benzene rings is 2. The summed E-state index contributed by atoms with van der Waals surface area (Å²) < 4.78 is 16.8. The average Bonchev–Trinajstić information content (AvgIpc) is 3.05. The van der Waals surface area contributed by atoms with Gasteiger partial charge in [-0.3, -0.25) is 25.2 Å². The van der Waals surface area contributed by atoms with Crippen LogP contribution in [0.25, 0.3) is 0 Å². The van der Waals surface area contributed by atoms with E-state index in [9.17, 15) is 14.4 Å². The number of carbonyl (C=O) groups is 3. The Balaban J connectivity index is 1.32. The Labute approximate surface area is 197 Å². The molecule has 0 radical (unpaired) electrons. The lowest BCUT2D eigenvalue weighted by atomic mass is 10.1. The molecule has 0 fully saturated rings. The molecule has 33 heavy (non-hydrogen) atoms. The molecule has 0 atom stereocenters. The van der Waals surface area contributed by atoms with Crippen molar-refractivity contribution in [2.45, 2.75) is 39.0 Å². The Kier molecular flexibility index (Phi) is 8.95. The molecule has 0 saturated carbocycles. The summed E-state index contributed by atoms with van der Waals surface area (Å²) >= 11 is 5.91. The molecular weight excluding hydrogens is 448 g/mol. The van der Waals surface area contributed by atoms with Gasteiger partial charge in [-0.15, -0.1) is 0 Å². The Morgan fingerprint density at radius 3 is 2.42 bits per heavy atom. The molecule has 3 rings (SSSR count). The normalized spacial score (nSPS) is 12.4. The maximum atomic E-state index is 12.4. The summed E-state index contributed by atoms with van der Waals surface area (Å²) in [4.78, 5) is 36.3. The quantitative estimate of drug-likeness (QED) is 0.326. The molecule has 1 aliphatic heterocycles. The lowest BCUT2D eigenvalue weighted by Crippen LogP contribution is -2.41. The monoisotopic (exact) mass is 474 g/mol. The van der Waals surface area contributed by atoms with Crippen molar-refractivity contribution in [3.8, 4) is 17.2 Å². The van der Waals surface area contributed by atoms with Gasteiger partial charge in [-0.1, -0.05) is 11.6 Å². The van der Waals surface area contributed by atoms with Gasteiger partial charge < -0.3 is 14.2 Å². The minimum atomic E-state index is -0.445. The molecule has 0 saturated heterocycles. The van der Waals surface area contributed by atoms with Crippen LogP contribution in [0, 0.1) is 6.92 Å². The third kappa shape index (κ3) is 7.68. The molecule has 0 aromatic heterocycles. The van der Waals surface area contributed by atoms with Crippen LogP contribution in [0.5, 0.6) is 17.2 Å². The summed E-state index contributed by atoms with van der Waals surface area (Å²) in [7, 11) is 0. The maximum absolute atomic E-state index is 12.4. The van der Waals surface area contributed by atoms with Crippen molar-refractivity contribution in [2.24, 2.45) is 0 Å². The van der Waals surface area contributed by atoms with E-state index in [2.05, 4.69) is 10.9 Å². The highest BCUT2D eigenvalue weighted by Gasteiger charge is 2.15. The summed E-state index contributed by atoms with van der Waals surface area (Å²) in [6.07, 6.45) is 1.40. The number of Topliss-reactive ketones (excluding diaryl/α,β-unsaturated/α-hetero) is 1. The molecule has 0 aliphatic carbocycles. The molecule has 9 heteroatoms. The van der Waals surface area contributed by atoms with E-state index >= 15 is 0 Å². The molecule has 1 heterocycles. The molecule has 8 nitrogen and oxygen atoms in total. The summed E-state index contributed by atoms with van der Waals surface area (Å²) in [6, 6.07) is 10.3. The summed E-state index contributed by atoms with van der Waals surface area (Å²) in [5, 5.41) is 0.637. The molecule has 0 spiro atoms. The van der Waals surface area contributed by atoms with Crippen molar-refractivity contribution in [2.75, 3.05) is 19.8 Å². The number of aryl methyl sites for hydroxylation is 1. The number of ether oxygens (including phenoxy) is 3. The topological polar surface area (TPSA) is 103 Å². The highest BCUT2D eigenvalue weighted by Crippen LogP contribution is 2.30. The molecule has 176 valence electrons. The van der Waals surface area contributed by atoms with Gasteiger partial charge in [0.1, 0.15) is 5.75 Å². The van der Waals surface area contributed by atoms with E-state index in [1.54, 1.807) is 36.4 Å². The fourth-order valence-corrected chi connectivity index (χ4v) is 3.39. The first-order valence-electron chi connectivity index (χ1n) is 10.8. The van der Waals surface area contributed by atoms with Gasteiger partial charge in [0, 0.05) is 36.3 Å². The summed E-state index contributed by atoms with van der Waals surface area (Å²) in [5.41, 5.74) is 6.05. The highest BCUT2D eigenvalue weighted by atomic mass is 35.5. The van der Waals surface area contributed by atoms with Crippen molar-refractivity contribution < 1.29 is 28.6 Å². The average molecular weight is 475 g/mol. The van der Waals surface area contributed by atoms with Crippen molar-refractivity contribution in [1.29, 1.82) is 0 Å². The van der Waals surface area contributed by atoms with Gasteiger partial charge in [0.25, 0.3) is 0 Å². The minimum absolute atomic E-state index is 0.00955. The molecule has 2 N–H and O–H groups in total. The summed E-state index contributed by atoms with van der Waals surface area (Å²) in [6.45, 7) is 3.35. The van der Waals surface area contributed by atoms with Crippen molar-refractivity contribution >= 4 is 29.2 Å². The van der Waals surface area contributed by atoms with Crippen LogP contribution in [0.15, 0.2) is 36.4 Å². The Hall–Kier alpha value is -3.26. The van der Waals surface area contributed by atoms with Gasteiger partial charge in [0.05, 0.1) is 19.8 Å². The number of hydrogen-bond donors (Lipinski definition) is 2. The third-order valence-electron chi connectivity index (χ3n) is 4.93. The van der Waals surface area contributed by atoms with Crippen LogP contribution in [-0.4, -0.2) is 37.4 Å². The Bertz CT molecular complexity index is 1010. The minimum Gasteiger partial charge on any atom is -0.493 e. The lowest BCUT2D eigenvalue weighted by molar-refractivity contribution is -0.129. The van der Waals surface area contributed by atoms with Crippen molar-refractivity contribution in [3.05, 3.63) is 52.5 Å². The van der Waals surface area contributed by atoms with Crippen LogP contribution in [0.3, 0.4) is 0 Å². The standard InChI is InChI=1S/C24H27ClN2O6/c1-16-14-18(25)6-9-20(16)31-11-2-4-23(29)26-27-24(30)10-7-19(28)17-5-8-21-22(15-17)33-13-3-12-32-21/h5-6,8-9,14-15H,2-4,7,10-13H2,1H3,(H,26,29)(H,27,30). The van der Waals surface area contributed by atoms with E-state index < -0.39 is 5.91 Å². The fourth-order valence-electron chi connectivity index (χ4n) is 3.16. The second-order valence-electron chi connectivity index (χ2n) is 7.59. The zero-order chi connectivity index (χ0) is 23.6. The fraction of sp³-hybridized carbons (Fsp3) is 0.375. The highest BCUT2D eigenvalue weighted by molar-refractivity contribution is 6.30. The van der Waals surface area contributed by atoms with E-state index in [0.717, 1.165) is 12.0 Å². The first kappa shape index (κ1) is 24.4. The zero-order valence-corrected chi connectivity index (χ0v) is 19.2. The van der Waals surface area contributed by atoms with Crippen LogP contribution in [0.4, 0.5) is 0 Å². The van der Waals surface area contributed by atoms with E-state index in [4.69, 9.17) is 25.8 Å². The van der Waals surface area contributed by atoms with Crippen LogP contribution in [0.1, 0.15) is 48.0 Å². The van der Waals surface area contributed by atoms with Crippen LogP contribution in [0.2, 0.25) is 5.02 Å². The maximum Gasteiger partial charge on any atom is 0.238 e. The van der Waals surface area contributed by atoms with E-state index in [-0.39, 0.29) is 31.0 Å². The molecule has 1 aliphatic rings. The molecule has 2 aromatic rings. The first-order chi connectivity index (χ1) is 15.9. The van der Waals surface area contributed by atoms with E-state index in [1.165, 1.54) is 0 Å². The second kappa shape index (κ2) is 12.1. The van der Waals surface area contributed by atoms with Crippen molar-refractivity contribution in [3.63, 3.8) is 0 Å². The smallest absolute Gasteiger partial charge is 0.238 e. The number of ketones is 1. The van der Waals surface area contributed by atoms with Gasteiger partial charge in [0.15, 0.2) is 17.3 Å². The number of carbonyl (C=O) groups excluding carboxylic acids is 3. The van der Waals surface area contributed by atoms with Crippen LogP contribution < -0.4 is 25.1 Å². The van der Waals surface area contributed by atoms with Gasteiger partial charge in [-0.05, 0) is 55.3 Å². The molecule has 0 bridgehead atoms. The SMILES string of the molecule is Cc1cc(Cl)ccc1OCCCC(=O)NNC(=O)CCC(=O)c1ccc2c(c1)OCCCO2. The van der Waals surface area contributed by atoms with Crippen LogP contribution in [-0.2, 0) is 9.59 Å². The molecule has 2 aromatic carbocycles. The predicted octanol–water partition coefficient (Wildman–Crippen LogP) is 3.78. The van der Waals surface area contributed by atoms with E-state index in [1.807, 2.05) is 6.92 Å². The van der Waals surface area contributed by atoms with Gasteiger partial charge in [-0.25, -0.2) is 0 Å². The number of rotatable bonds is 9. The van der Waals surface area contributed by atoms with Gasteiger partial charge >= 0.3 is 0 Å². The number of hydrazine groups is 1. The molecule has 0 unspecified atom stereocenters. The number of hydrogen-bond acceptors (Lipinski definition) is 6. The molecular formula is C24H27ClN2O6. The first-order valence-corrected chi connectivity index (χ1v) is 11.2. The van der Waals surface area contributed by atoms with Crippen molar-refractivity contribution in [1.82, 2.24) is 10.9 Å². The zero-order valence-electron chi connectivity index (χ0n) is 18.4. The Morgan fingerprint density at radius 1 is 0.939 bits per heavy atom. The predicted molar refractivity (Wildman–Crippen MR) is 123 cm³/mol. The number of amides is 2. The number of nitrogens with one attached hydrogen (secondary N) is 2.